The SMILES string of the molecule is CNC(=O)[C@H](C)N(Cc1c(Cl)cccc1Cl)C(=O)CN(c1cc(C)ccc1C)S(=O)(=O)c1ccc(C)cc1. The van der Waals surface area contributed by atoms with Gasteiger partial charge in [-0.2, -0.15) is 0 Å². The van der Waals surface area contributed by atoms with Crippen molar-refractivity contribution in [2.45, 2.75) is 45.2 Å². The van der Waals surface area contributed by atoms with Crippen LogP contribution in [0.5, 0.6) is 0 Å². The summed E-state index contributed by atoms with van der Waals surface area (Å²) in [5.41, 5.74) is 3.25. The fourth-order valence-corrected chi connectivity index (χ4v) is 5.97. The van der Waals surface area contributed by atoms with Crippen molar-refractivity contribution in [1.29, 1.82) is 0 Å². The first-order valence-electron chi connectivity index (χ1n) is 12.0. The van der Waals surface area contributed by atoms with E-state index in [2.05, 4.69) is 5.32 Å². The number of carbonyl (C=O) groups is 2. The van der Waals surface area contributed by atoms with E-state index in [1.54, 1.807) is 56.3 Å². The first-order valence-corrected chi connectivity index (χ1v) is 14.2. The molecule has 0 saturated carbocycles. The number of amides is 2. The van der Waals surface area contributed by atoms with Crippen molar-refractivity contribution >= 4 is 50.7 Å². The summed E-state index contributed by atoms with van der Waals surface area (Å²) in [4.78, 5) is 27.9. The molecule has 2 amide bonds. The molecule has 0 aliphatic carbocycles. The number of carbonyl (C=O) groups excluding carboxylic acids is 2. The standard InChI is InChI=1S/C28H31Cl2N3O4S/c1-18-10-13-22(14-11-18)38(36,37)33(26-15-19(2)9-12-20(26)3)17-27(34)32(21(4)28(35)31-5)16-23-24(29)7-6-8-25(23)30/h6-15,21H,16-17H2,1-5H3,(H,31,35)/t21-/m0/s1. The predicted octanol–water partition coefficient (Wildman–Crippen LogP) is 5.28. The van der Waals surface area contributed by atoms with Crippen molar-refractivity contribution in [3.8, 4) is 0 Å². The number of anilines is 1. The smallest absolute Gasteiger partial charge is 0.264 e. The second-order valence-electron chi connectivity index (χ2n) is 9.13. The number of likely N-dealkylation sites (N-methyl/N-ethyl adjacent to an activating group) is 1. The van der Waals surface area contributed by atoms with Gasteiger partial charge in [-0.15, -0.1) is 0 Å². The van der Waals surface area contributed by atoms with Crippen LogP contribution in [0.1, 0.15) is 29.2 Å². The van der Waals surface area contributed by atoms with Crippen LogP contribution in [0.2, 0.25) is 10.0 Å². The van der Waals surface area contributed by atoms with E-state index in [0.717, 1.165) is 15.4 Å². The van der Waals surface area contributed by atoms with Crippen LogP contribution in [-0.4, -0.2) is 44.8 Å². The number of sulfonamides is 1. The van der Waals surface area contributed by atoms with E-state index in [-0.39, 0.29) is 11.4 Å². The Hall–Kier alpha value is -3.07. The second-order valence-corrected chi connectivity index (χ2v) is 11.8. The predicted molar refractivity (Wildman–Crippen MR) is 152 cm³/mol. The van der Waals surface area contributed by atoms with Crippen molar-refractivity contribution in [3.63, 3.8) is 0 Å². The minimum Gasteiger partial charge on any atom is -0.357 e. The number of nitrogens with zero attached hydrogens (tertiary/aromatic N) is 2. The third-order valence-electron chi connectivity index (χ3n) is 6.33. The molecule has 7 nitrogen and oxygen atoms in total. The van der Waals surface area contributed by atoms with Gasteiger partial charge in [0.15, 0.2) is 0 Å². The topological polar surface area (TPSA) is 86.8 Å². The first-order chi connectivity index (χ1) is 17.9. The molecule has 1 N–H and O–H groups in total. The molecule has 3 aromatic rings. The van der Waals surface area contributed by atoms with Crippen LogP contribution < -0.4 is 9.62 Å². The molecule has 0 aliphatic heterocycles. The quantitative estimate of drug-likeness (QED) is 0.376. The molecule has 0 fully saturated rings. The molecule has 10 heteroatoms. The molecule has 0 radical (unpaired) electrons. The third-order valence-corrected chi connectivity index (χ3v) is 8.81. The van der Waals surface area contributed by atoms with Gasteiger partial charge in [0.2, 0.25) is 11.8 Å². The van der Waals surface area contributed by atoms with Gasteiger partial charge in [-0.3, -0.25) is 13.9 Å². The maximum Gasteiger partial charge on any atom is 0.264 e. The van der Waals surface area contributed by atoms with Crippen LogP contribution in [0.4, 0.5) is 5.69 Å². The Morgan fingerprint density at radius 2 is 1.50 bits per heavy atom. The first kappa shape index (κ1) is 29.5. The summed E-state index contributed by atoms with van der Waals surface area (Å²) in [5, 5.41) is 3.21. The molecule has 0 heterocycles. The molecule has 0 bridgehead atoms. The van der Waals surface area contributed by atoms with Crippen LogP contribution in [0.3, 0.4) is 0 Å². The average molecular weight is 577 g/mol. The largest absolute Gasteiger partial charge is 0.357 e. The normalized spacial score (nSPS) is 12.1. The third kappa shape index (κ3) is 6.49. The zero-order chi connectivity index (χ0) is 28.2. The van der Waals surface area contributed by atoms with Crippen LogP contribution in [0.25, 0.3) is 0 Å². The van der Waals surface area contributed by atoms with Gasteiger partial charge in [0.1, 0.15) is 12.6 Å². The van der Waals surface area contributed by atoms with E-state index in [0.29, 0.717) is 26.9 Å². The average Bonchev–Trinajstić information content (AvgIpc) is 2.87. The van der Waals surface area contributed by atoms with Crippen LogP contribution >= 0.6 is 23.2 Å². The van der Waals surface area contributed by atoms with E-state index < -0.39 is 34.4 Å². The maximum atomic E-state index is 13.9. The van der Waals surface area contributed by atoms with Gasteiger partial charge in [-0.25, -0.2) is 8.42 Å². The lowest BCUT2D eigenvalue weighted by molar-refractivity contribution is -0.139. The van der Waals surface area contributed by atoms with E-state index >= 15 is 0 Å². The lowest BCUT2D eigenvalue weighted by Crippen LogP contribution is -2.50. The summed E-state index contributed by atoms with van der Waals surface area (Å²) in [6, 6.07) is 15.9. The fourth-order valence-electron chi connectivity index (χ4n) is 3.98. The van der Waals surface area contributed by atoms with Gasteiger partial charge in [-0.1, -0.05) is 59.1 Å². The van der Waals surface area contributed by atoms with Crippen molar-refractivity contribution in [2.24, 2.45) is 0 Å². The van der Waals surface area contributed by atoms with E-state index in [1.165, 1.54) is 24.1 Å². The number of halogens is 2. The lowest BCUT2D eigenvalue weighted by Gasteiger charge is -2.32. The molecule has 1 atom stereocenters. The maximum absolute atomic E-state index is 13.9. The molecule has 0 aliphatic rings. The van der Waals surface area contributed by atoms with Gasteiger partial charge in [0.05, 0.1) is 10.6 Å². The summed E-state index contributed by atoms with van der Waals surface area (Å²) in [6.45, 7) is 6.44. The molecule has 0 spiro atoms. The van der Waals surface area contributed by atoms with Crippen molar-refractivity contribution in [3.05, 3.63) is 93.0 Å². The summed E-state index contributed by atoms with van der Waals surface area (Å²) in [7, 11) is -2.68. The Balaban J connectivity index is 2.11. The molecule has 0 saturated heterocycles. The van der Waals surface area contributed by atoms with Crippen LogP contribution in [0.15, 0.2) is 65.6 Å². The zero-order valence-corrected chi connectivity index (χ0v) is 24.3. The number of hydrogen-bond donors (Lipinski definition) is 1. The number of benzene rings is 3. The molecule has 38 heavy (non-hydrogen) atoms. The number of aryl methyl sites for hydroxylation is 3. The van der Waals surface area contributed by atoms with E-state index in [1.807, 2.05) is 19.9 Å². The Labute approximate surface area is 234 Å². The molecular formula is C28H31Cl2N3O4S. The molecular weight excluding hydrogens is 545 g/mol. The van der Waals surface area contributed by atoms with E-state index in [9.17, 15) is 18.0 Å². The monoisotopic (exact) mass is 575 g/mol. The molecule has 0 unspecified atom stereocenters. The van der Waals surface area contributed by atoms with Gasteiger partial charge in [0, 0.05) is 29.2 Å². The van der Waals surface area contributed by atoms with Crippen molar-refractivity contribution in [2.75, 3.05) is 17.9 Å². The Kier molecular flexibility index (Phi) is 9.46. The number of nitrogens with one attached hydrogen (secondary N) is 1. The van der Waals surface area contributed by atoms with Gasteiger partial charge in [0.25, 0.3) is 10.0 Å². The summed E-state index contributed by atoms with van der Waals surface area (Å²) in [5.74, 6) is -1.00. The Morgan fingerprint density at radius 3 is 2.08 bits per heavy atom. The van der Waals surface area contributed by atoms with Crippen LogP contribution in [0, 0.1) is 20.8 Å². The highest BCUT2D eigenvalue weighted by Gasteiger charge is 2.33. The molecule has 3 aromatic carbocycles. The second kappa shape index (κ2) is 12.2. The minimum atomic E-state index is -4.15. The fraction of sp³-hybridized carbons (Fsp3) is 0.286. The number of rotatable bonds is 9. The zero-order valence-electron chi connectivity index (χ0n) is 22.0. The highest BCUT2D eigenvalue weighted by atomic mass is 35.5. The van der Waals surface area contributed by atoms with Gasteiger partial charge >= 0.3 is 0 Å². The highest BCUT2D eigenvalue weighted by Crippen LogP contribution is 2.30. The Bertz CT molecular complexity index is 1420. The highest BCUT2D eigenvalue weighted by molar-refractivity contribution is 7.92. The molecule has 0 aromatic heterocycles. The van der Waals surface area contributed by atoms with Crippen molar-refractivity contribution < 1.29 is 18.0 Å². The number of hydrogen-bond acceptors (Lipinski definition) is 4. The van der Waals surface area contributed by atoms with Crippen molar-refractivity contribution in [1.82, 2.24) is 10.2 Å². The van der Waals surface area contributed by atoms with E-state index in [4.69, 9.17) is 23.2 Å². The minimum absolute atomic E-state index is 0.0526. The molecule has 3 rings (SSSR count). The van der Waals surface area contributed by atoms with Gasteiger partial charge < -0.3 is 10.2 Å². The van der Waals surface area contributed by atoms with Gasteiger partial charge in [-0.05, 0) is 69.2 Å². The lowest BCUT2D eigenvalue weighted by atomic mass is 10.1. The van der Waals surface area contributed by atoms with Crippen LogP contribution in [-0.2, 0) is 26.2 Å². The summed E-state index contributed by atoms with van der Waals surface area (Å²) in [6.07, 6.45) is 0. The Morgan fingerprint density at radius 1 is 0.921 bits per heavy atom. The summed E-state index contributed by atoms with van der Waals surface area (Å²) >= 11 is 12.7. The molecule has 202 valence electrons. The summed E-state index contributed by atoms with van der Waals surface area (Å²) < 4.78 is 28.9.